The number of nitrogens with zero attached hydrogens (tertiary/aromatic N) is 1. The van der Waals surface area contributed by atoms with E-state index in [1.807, 2.05) is 0 Å². The van der Waals surface area contributed by atoms with E-state index in [4.69, 9.17) is 5.11 Å². The molecule has 0 spiro atoms. The zero-order chi connectivity index (χ0) is 14.0. The zero-order valence-corrected chi connectivity index (χ0v) is 12.3. The molecule has 1 unspecified atom stereocenters. The molecule has 0 amide bonds. The van der Waals surface area contributed by atoms with Crippen LogP contribution in [0.1, 0.15) is 19.3 Å². The number of rotatable bonds is 6. The summed E-state index contributed by atoms with van der Waals surface area (Å²) in [7, 11) is -3.74. The molecular weight excluding hydrogens is 336 g/mol. The topological polar surface area (TPSA) is 96.4 Å². The van der Waals surface area contributed by atoms with Gasteiger partial charge in [-0.15, -0.1) is 0 Å². The maximum absolute atomic E-state index is 12.1. The standard InChI is InChI=1S/C11H13BrN2O4S/c12-8-3-9(6-13-5-8)19(17,18)14-10(4-11(15)16)7-1-2-7/h3,5-7,10,14H,1-2,4H2,(H,15,16). The lowest BCUT2D eigenvalue weighted by Crippen LogP contribution is -2.38. The monoisotopic (exact) mass is 348 g/mol. The molecule has 1 aromatic rings. The summed E-state index contributed by atoms with van der Waals surface area (Å²) in [6.07, 6.45) is 4.23. The Morgan fingerprint density at radius 1 is 1.53 bits per heavy atom. The van der Waals surface area contributed by atoms with Crippen molar-refractivity contribution in [3.8, 4) is 0 Å². The summed E-state index contributed by atoms with van der Waals surface area (Å²) >= 11 is 3.15. The summed E-state index contributed by atoms with van der Waals surface area (Å²) in [6.45, 7) is 0. The van der Waals surface area contributed by atoms with Crippen LogP contribution >= 0.6 is 15.9 Å². The number of hydrogen-bond donors (Lipinski definition) is 2. The molecule has 1 aliphatic carbocycles. The lowest BCUT2D eigenvalue weighted by Gasteiger charge is -2.16. The minimum absolute atomic E-state index is 0.0258. The number of carboxylic acid groups (broad SMARTS) is 1. The van der Waals surface area contributed by atoms with Gasteiger partial charge in [-0.1, -0.05) is 0 Å². The number of halogens is 1. The first-order valence-electron chi connectivity index (χ1n) is 5.73. The second kappa shape index (κ2) is 5.56. The van der Waals surface area contributed by atoms with Crippen molar-refractivity contribution in [3.05, 3.63) is 22.9 Å². The van der Waals surface area contributed by atoms with Crippen LogP contribution in [0, 0.1) is 5.92 Å². The van der Waals surface area contributed by atoms with Crippen molar-refractivity contribution in [1.29, 1.82) is 0 Å². The quantitative estimate of drug-likeness (QED) is 0.809. The Bertz CT molecular complexity index is 586. The molecular formula is C11H13BrN2O4S. The fourth-order valence-electron chi connectivity index (χ4n) is 1.80. The van der Waals surface area contributed by atoms with E-state index >= 15 is 0 Å². The van der Waals surface area contributed by atoms with Gasteiger partial charge in [-0.05, 0) is 40.8 Å². The summed E-state index contributed by atoms with van der Waals surface area (Å²) < 4.78 is 27.3. The highest BCUT2D eigenvalue weighted by Crippen LogP contribution is 2.34. The maximum atomic E-state index is 12.1. The molecule has 19 heavy (non-hydrogen) atoms. The molecule has 0 aromatic carbocycles. The van der Waals surface area contributed by atoms with Gasteiger partial charge in [-0.25, -0.2) is 13.1 Å². The molecule has 0 bridgehead atoms. The second-order valence-corrected chi connectivity index (χ2v) is 7.13. The predicted octanol–water partition coefficient (Wildman–Crippen LogP) is 1.38. The number of hydrogen-bond acceptors (Lipinski definition) is 4. The zero-order valence-electron chi connectivity index (χ0n) is 9.91. The van der Waals surface area contributed by atoms with Gasteiger partial charge in [0.1, 0.15) is 4.90 Å². The van der Waals surface area contributed by atoms with Gasteiger partial charge in [0.15, 0.2) is 0 Å². The molecule has 2 rings (SSSR count). The first-order chi connectivity index (χ1) is 8.88. The predicted molar refractivity (Wildman–Crippen MR) is 71.0 cm³/mol. The average molecular weight is 349 g/mol. The third-order valence-electron chi connectivity index (χ3n) is 2.88. The lowest BCUT2D eigenvalue weighted by atomic mass is 10.1. The Balaban J connectivity index is 2.17. The smallest absolute Gasteiger partial charge is 0.304 e. The van der Waals surface area contributed by atoms with Crippen molar-refractivity contribution in [2.75, 3.05) is 0 Å². The molecule has 1 fully saturated rings. The molecule has 0 radical (unpaired) electrons. The fraction of sp³-hybridized carbons (Fsp3) is 0.455. The van der Waals surface area contributed by atoms with Gasteiger partial charge >= 0.3 is 5.97 Å². The van der Waals surface area contributed by atoms with Gasteiger partial charge in [0.05, 0.1) is 6.42 Å². The highest BCUT2D eigenvalue weighted by atomic mass is 79.9. The van der Waals surface area contributed by atoms with Crippen LogP contribution < -0.4 is 4.72 Å². The normalized spacial score (nSPS) is 17.1. The number of pyridine rings is 1. The summed E-state index contributed by atoms with van der Waals surface area (Å²) in [4.78, 5) is 14.6. The number of carboxylic acids is 1. The van der Waals surface area contributed by atoms with Crippen LogP contribution in [-0.2, 0) is 14.8 Å². The van der Waals surface area contributed by atoms with Crippen LogP contribution in [0.15, 0.2) is 27.8 Å². The van der Waals surface area contributed by atoms with Crippen molar-refractivity contribution in [2.24, 2.45) is 5.92 Å². The van der Waals surface area contributed by atoms with Crippen molar-refractivity contribution in [3.63, 3.8) is 0 Å². The van der Waals surface area contributed by atoms with E-state index in [0.29, 0.717) is 4.47 Å². The fourth-order valence-corrected chi connectivity index (χ4v) is 3.61. The van der Waals surface area contributed by atoms with Gasteiger partial charge in [-0.2, -0.15) is 0 Å². The first kappa shape index (κ1) is 14.4. The summed E-state index contributed by atoms with van der Waals surface area (Å²) in [5, 5.41) is 8.82. The Labute approximate surface area is 119 Å². The molecule has 1 aliphatic rings. The van der Waals surface area contributed by atoms with Gasteiger partial charge in [0, 0.05) is 22.9 Å². The molecule has 1 saturated carbocycles. The highest BCUT2D eigenvalue weighted by Gasteiger charge is 2.35. The van der Waals surface area contributed by atoms with E-state index < -0.39 is 22.0 Å². The molecule has 0 saturated heterocycles. The Morgan fingerprint density at radius 3 is 2.74 bits per heavy atom. The molecule has 104 valence electrons. The van der Waals surface area contributed by atoms with E-state index in [-0.39, 0.29) is 17.2 Å². The molecule has 2 N–H and O–H groups in total. The van der Waals surface area contributed by atoms with Gasteiger partial charge in [-0.3, -0.25) is 9.78 Å². The molecule has 1 atom stereocenters. The third-order valence-corrected chi connectivity index (χ3v) is 4.77. The van der Waals surface area contributed by atoms with Crippen molar-refractivity contribution < 1.29 is 18.3 Å². The largest absolute Gasteiger partial charge is 0.481 e. The van der Waals surface area contributed by atoms with Crippen molar-refractivity contribution in [1.82, 2.24) is 9.71 Å². The Kier molecular flexibility index (Phi) is 4.22. The molecule has 1 heterocycles. The second-order valence-electron chi connectivity index (χ2n) is 4.50. The number of aromatic nitrogens is 1. The molecule has 1 aromatic heterocycles. The summed E-state index contributed by atoms with van der Waals surface area (Å²) in [6, 6.07) is 0.876. The Morgan fingerprint density at radius 2 is 2.21 bits per heavy atom. The van der Waals surface area contributed by atoms with Crippen LogP contribution in [0.25, 0.3) is 0 Å². The lowest BCUT2D eigenvalue weighted by molar-refractivity contribution is -0.137. The average Bonchev–Trinajstić information content (AvgIpc) is 3.11. The Hall–Kier alpha value is -0.990. The van der Waals surface area contributed by atoms with Crippen molar-refractivity contribution in [2.45, 2.75) is 30.2 Å². The van der Waals surface area contributed by atoms with Crippen LogP contribution in [0.4, 0.5) is 0 Å². The van der Waals surface area contributed by atoms with Crippen LogP contribution in [0.2, 0.25) is 0 Å². The minimum Gasteiger partial charge on any atom is -0.481 e. The van der Waals surface area contributed by atoms with E-state index in [2.05, 4.69) is 25.6 Å². The number of nitrogens with one attached hydrogen (secondary N) is 1. The summed E-state index contributed by atoms with van der Waals surface area (Å²) in [5.41, 5.74) is 0. The van der Waals surface area contributed by atoms with Gasteiger partial charge in [0.2, 0.25) is 10.0 Å². The molecule has 6 nitrogen and oxygen atoms in total. The van der Waals surface area contributed by atoms with E-state index in [0.717, 1.165) is 12.8 Å². The van der Waals surface area contributed by atoms with E-state index in [1.165, 1.54) is 18.5 Å². The molecule has 8 heteroatoms. The van der Waals surface area contributed by atoms with Gasteiger partial charge in [0.25, 0.3) is 0 Å². The van der Waals surface area contributed by atoms with E-state index in [9.17, 15) is 13.2 Å². The van der Waals surface area contributed by atoms with E-state index in [1.54, 1.807) is 0 Å². The molecule has 0 aliphatic heterocycles. The summed E-state index contributed by atoms with van der Waals surface area (Å²) in [5.74, 6) is -0.891. The maximum Gasteiger partial charge on any atom is 0.304 e. The minimum atomic E-state index is -3.74. The van der Waals surface area contributed by atoms with Crippen LogP contribution in [0.5, 0.6) is 0 Å². The van der Waals surface area contributed by atoms with Crippen LogP contribution in [-0.4, -0.2) is 30.5 Å². The first-order valence-corrected chi connectivity index (χ1v) is 8.01. The van der Waals surface area contributed by atoms with Crippen molar-refractivity contribution >= 4 is 31.9 Å². The SMILES string of the molecule is O=C(O)CC(NS(=O)(=O)c1cncc(Br)c1)C1CC1. The van der Waals surface area contributed by atoms with Gasteiger partial charge < -0.3 is 5.11 Å². The highest BCUT2D eigenvalue weighted by molar-refractivity contribution is 9.10. The third kappa shape index (κ3) is 3.99. The number of sulfonamides is 1. The number of carbonyl (C=O) groups is 1. The van der Waals surface area contributed by atoms with Crippen LogP contribution in [0.3, 0.4) is 0 Å². The number of aliphatic carboxylic acids is 1.